The normalized spacial score (nSPS) is 14.7. The third kappa shape index (κ3) is 7.28. The minimum atomic E-state index is -2.62. The van der Waals surface area contributed by atoms with Crippen LogP contribution in [0.1, 0.15) is 90.3 Å². The number of fused-ring (bicyclic) bond motifs is 5. The quantitative estimate of drug-likeness (QED) is 0.0961. The Balaban J connectivity index is 0.000000251. The Morgan fingerprint density at radius 1 is 0.958 bits per heavy atom. The first-order valence-corrected chi connectivity index (χ1v) is 16.9. The standard InChI is InChI=1S/C26H18F2NO.C15H28O2.Ir/c1-15-10-21-19-4-2-3-5-23(19)30-25(21)22(11-15)24-20-13-16-6-8-26(27,28)14-18(16)12-17(20)7-9-29-24;1-7-14(5,8-2)12(16)11-13(17)15(6,9-3)10-4;/h2-5,7,9-10,12-13H,6,8,14H2,1H3;11,16H,7-10H2,1-6H3;/q-1;;/b;12-11-;. The number of furan rings is 1. The number of benzene rings is 3. The van der Waals surface area contributed by atoms with E-state index in [1.165, 1.54) is 6.08 Å². The van der Waals surface area contributed by atoms with Gasteiger partial charge in [-0.25, -0.2) is 8.78 Å². The van der Waals surface area contributed by atoms with E-state index < -0.39 is 5.92 Å². The van der Waals surface area contributed by atoms with Crippen molar-refractivity contribution in [3.8, 4) is 11.3 Å². The van der Waals surface area contributed by atoms with Gasteiger partial charge in [-0.05, 0) is 71.8 Å². The molecule has 0 unspecified atom stereocenters. The van der Waals surface area contributed by atoms with Crippen LogP contribution in [0, 0.1) is 23.8 Å². The molecule has 6 rings (SSSR count). The van der Waals surface area contributed by atoms with E-state index in [4.69, 9.17) is 4.42 Å². The van der Waals surface area contributed by atoms with Crippen LogP contribution in [0.2, 0.25) is 0 Å². The van der Waals surface area contributed by atoms with Gasteiger partial charge in [-0.1, -0.05) is 89.7 Å². The molecule has 5 aromatic rings. The van der Waals surface area contributed by atoms with Crippen LogP contribution in [-0.4, -0.2) is 21.8 Å². The van der Waals surface area contributed by atoms with E-state index in [-0.39, 0.29) is 55.3 Å². The third-order valence-electron chi connectivity index (χ3n) is 10.7. The maximum atomic E-state index is 13.9. The van der Waals surface area contributed by atoms with Gasteiger partial charge in [0.15, 0.2) is 5.78 Å². The van der Waals surface area contributed by atoms with Gasteiger partial charge < -0.3 is 14.5 Å². The van der Waals surface area contributed by atoms with E-state index in [9.17, 15) is 18.7 Å². The van der Waals surface area contributed by atoms with Gasteiger partial charge in [-0.15, -0.1) is 17.7 Å². The summed E-state index contributed by atoms with van der Waals surface area (Å²) in [5.41, 5.74) is 5.29. The van der Waals surface area contributed by atoms with Gasteiger partial charge >= 0.3 is 0 Å². The number of halogens is 2. The SMILES string of the molecule is CCC(C)(CC)C(=O)/C=C(\O)C(C)(CC)CC.Cc1[c-]c(-c2nccc3cc4c(cc23)CCC(F)(F)C4)c2oc3ccccc3c2c1.[Ir]. The zero-order valence-electron chi connectivity index (χ0n) is 29.0. The number of nitrogens with zero attached hydrogens (tertiary/aromatic N) is 1. The number of ketones is 1. The molecule has 2 aromatic heterocycles. The molecule has 1 N–H and O–H groups in total. The van der Waals surface area contributed by atoms with Crippen molar-refractivity contribution >= 4 is 38.5 Å². The van der Waals surface area contributed by atoms with Crippen LogP contribution in [0.4, 0.5) is 8.78 Å². The monoisotopic (exact) mass is 831 g/mol. The first-order valence-electron chi connectivity index (χ1n) is 16.9. The Morgan fingerprint density at radius 2 is 1.62 bits per heavy atom. The van der Waals surface area contributed by atoms with Crippen LogP contribution in [0.3, 0.4) is 0 Å². The molecule has 0 bridgehead atoms. The maximum absolute atomic E-state index is 13.9. The van der Waals surface area contributed by atoms with Gasteiger partial charge in [-0.3, -0.25) is 4.79 Å². The molecule has 1 radical (unpaired) electrons. The molecule has 0 fully saturated rings. The number of rotatable bonds is 8. The average molecular weight is 831 g/mol. The molecular weight excluding hydrogens is 785 g/mol. The summed E-state index contributed by atoms with van der Waals surface area (Å²) in [4.78, 5) is 16.9. The topological polar surface area (TPSA) is 63.3 Å². The molecule has 3 aromatic carbocycles. The van der Waals surface area contributed by atoms with Crippen molar-refractivity contribution in [2.45, 2.75) is 99.3 Å². The molecule has 0 atom stereocenters. The molecule has 0 aliphatic heterocycles. The second-order valence-electron chi connectivity index (χ2n) is 13.6. The molecule has 0 saturated heterocycles. The second-order valence-corrected chi connectivity index (χ2v) is 13.6. The van der Waals surface area contributed by atoms with E-state index in [0.29, 0.717) is 6.42 Å². The molecular formula is C41H46F2IrNO3-. The minimum Gasteiger partial charge on any atom is -0.512 e. The average Bonchev–Trinajstić information content (AvgIpc) is 3.44. The fraction of sp³-hybridized carbons (Fsp3) is 0.415. The molecule has 0 spiro atoms. The zero-order valence-corrected chi connectivity index (χ0v) is 31.4. The third-order valence-corrected chi connectivity index (χ3v) is 10.7. The number of hydrogen-bond acceptors (Lipinski definition) is 4. The number of aliphatic hydroxyl groups is 1. The number of aliphatic hydroxyl groups excluding tert-OH is 1. The van der Waals surface area contributed by atoms with Gasteiger partial charge in [0.25, 0.3) is 5.92 Å². The van der Waals surface area contributed by atoms with E-state index >= 15 is 0 Å². The number of pyridine rings is 1. The molecule has 257 valence electrons. The second kappa shape index (κ2) is 14.6. The van der Waals surface area contributed by atoms with Gasteiger partial charge in [0.2, 0.25) is 0 Å². The van der Waals surface area contributed by atoms with Gasteiger partial charge in [0, 0.05) is 61.4 Å². The minimum absolute atomic E-state index is 0. The number of allylic oxidation sites excluding steroid dienone is 2. The number of hydrogen-bond donors (Lipinski definition) is 1. The summed E-state index contributed by atoms with van der Waals surface area (Å²) >= 11 is 0. The maximum Gasteiger partial charge on any atom is 0.252 e. The number of alkyl halides is 2. The van der Waals surface area contributed by atoms with Crippen LogP contribution in [-0.2, 0) is 37.7 Å². The molecule has 0 saturated carbocycles. The summed E-state index contributed by atoms with van der Waals surface area (Å²) < 4.78 is 34.0. The number of carbonyl (C=O) groups is 1. The van der Waals surface area contributed by atoms with E-state index in [0.717, 1.165) is 86.3 Å². The fourth-order valence-corrected chi connectivity index (χ4v) is 6.35. The van der Waals surface area contributed by atoms with Crippen molar-refractivity contribution < 1.29 is 43.2 Å². The predicted octanol–water partition coefficient (Wildman–Crippen LogP) is 11.7. The Labute approximate surface area is 296 Å². The Kier molecular flexibility index (Phi) is 11.4. The summed E-state index contributed by atoms with van der Waals surface area (Å²) in [5.74, 6) is -2.34. The van der Waals surface area contributed by atoms with Crippen molar-refractivity contribution in [1.82, 2.24) is 4.98 Å². The van der Waals surface area contributed by atoms with Crippen molar-refractivity contribution in [2.75, 3.05) is 0 Å². The summed E-state index contributed by atoms with van der Waals surface area (Å²) in [7, 11) is 0. The summed E-state index contributed by atoms with van der Waals surface area (Å²) in [6.45, 7) is 14.1. The molecule has 7 heteroatoms. The summed E-state index contributed by atoms with van der Waals surface area (Å²) in [6.07, 6.45) is 6.57. The van der Waals surface area contributed by atoms with Gasteiger partial charge in [0.05, 0.1) is 5.58 Å². The van der Waals surface area contributed by atoms with Crippen LogP contribution < -0.4 is 0 Å². The van der Waals surface area contributed by atoms with Crippen molar-refractivity contribution in [2.24, 2.45) is 10.8 Å². The molecule has 48 heavy (non-hydrogen) atoms. The number of aromatic nitrogens is 1. The summed E-state index contributed by atoms with van der Waals surface area (Å²) in [5, 5.41) is 14.1. The largest absolute Gasteiger partial charge is 0.512 e. The van der Waals surface area contributed by atoms with Crippen LogP contribution in [0.5, 0.6) is 0 Å². The van der Waals surface area contributed by atoms with Crippen molar-refractivity contribution in [3.05, 3.63) is 89.3 Å². The fourth-order valence-electron chi connectivity index (χ4n) is 6.35. The number of carbonyl (C=O) groups excluding carboxylic acids is 1. The van der Waals surface area contributed by atoms with Gasteiger partial charge in [0.1, 0.15) is 11.3 Å². The molecule has 1 aliphatic carbocycles. The van der Waals surface area contributed by atoms with Crippen LogP contribution in [0.25, 0.3) is 44.0 Å². The number of aryl methyl sites for hydroxylation is 2. The first-order chi connectivity index (χ1) is 22.3. The molecule has 2 heterocycles. The van der Waals surface area contributed by atoms with E-state index in [1.54, 1.807) is 6.20 Å². The van der Waals surface area contributed by atoms with E-state index in [2.05, 4.69) is 23.2 Å². The van der Waals surface area contributed by atoms with Gasteiger partial charge in [-0.2, -0.15) is 0 Å². The molecule has 0 amide bonds. The number of para-hydroxylation sites is 1. The smallest absolute Gasteiger partial charge is 0.252 e. The predicted molar refractivity (Wildman–Crippen MR) is 188 cm³/mol. The molecule has 4 nitrogen and oxygen atoms in total. The van der Waals surface area contributed by atoms with Crippen LogP contribution >= 0.6 is 0 Å². The van der Waals surface area contributed by atoms with Crippen molar-refractivity contribution in [3.63, 3.8) is 0 Å². The Morgan fingerprint density at radius 3 is 2.29 bits per heavy atom. The first kappa shape index (κ1) is 37.4. The summed E-state index contributed by atoms with van der Waals surface area (Å²) in [6, 6.07) is 19.3. The Bertz CT molecular complexity index is 1970. The Hall–Kier alpha value is -3.41. The zero-order chi connectivity index (χ0) is 34.1. The van der Waals surface area contributed by atoms with Crippen molar-refractivity contribution in [1.29, 1.82) is 0 Å². The van der Waals surface area contributed by atoms with Crippen LogP contribution in [0.15, 0.2) is 71.0 Å². The van der Waals surface area contributed by atoms with E-state index in [1.807, 2.05) is 84.9 Å². The molecule has 1 aliphatic rings.